The highest BCUT2D eigenvalue weighted by Gasteiger charge is 2.25. The molecule has 0 atom stereocenters. The monoisotopic (exact) mass is 627 g/mol. The van der Waals surface area contributed by atoms with Crippen LogP contribution in [-0.4, -0.2) is 13.5 Å². The van der Waals surface area contributed by atoms with Gasteiger partial charge in [0.05, 0.1) is 38.6 Å². The normalized spacial score (nSPS) is 12.8. The third-order valence-corrected chi connectivity index (χ3v) is 10.9. The van der Waals surface area contributed by atoms with Crippen molar-refractivity contribution < 1.29 is 0 Å². The lowest BCUT2D eigenvalue weighted by Crippen LogP contribution is -2.10. The third-order valence-electron chi connectivity index (χ3n) is 10.9. The summed E-state index contributed by atoms with van der Waals surface area (Å²) in [6, 6.07) is 54.0. The van der Waals surface area contributed by atoms with Crippen LogP contribution >= 0.6 is 0 Å². The molecular formula is C46H33N3. The highest BCUT2D eigenvalue weighted by Crippen LogP contribution is 2.46. The van der Waals surface area contributed by atoms with Gasteiger partial charge >= 0.3 is 0 Å². The molecule has 0 amide bonds. The number of hydrogen-bond donors (Lipinski definition) is 0. The molecule has 4 aromatic heterocycles. The molecule has 0 spiro atoms. The van der Waals surface area contributed by atoms with Crippen molar-refractivity contribution in [3.05, 3.63) is 151 Å². The van der Waals surface area contributed by atoms with Crippen LogP contribution in [0.4, 0.5) is 0 Å². The zero-order valence-electron chi connectivity index (χ0n) is 27.7. The summed E-state index contributed by atoms with van der Waals surface area (Å²) in [5, 5.41) is 10.4. The molecule has 0 bridgehead atoms. The number of aromatic nitrogens is 3. The van der Waals surface area contributed by atoms with Gasteiger partial charge in [-0.15, -0.1) is 0 Å². The second kappa shape index (κ2) is 9.30. The first-order chi connectivity index (χ1) is 24.0. The smallest absolute Gasteiger partial charge is 0.0620 e. The summed E-state index contributed by atoms with van der Waals surface area (Å²) in [5.41, 5.74) is 12.4. The Morgan fingerprint density at radius 3 is 1.20 bits per heavy atom. The van der Waals surface area contributed by atoms with Crippen molar-refractivity contribution in [2.75, 3.05) is 0 Å². The van der Waals surface area contributed by atoms with Gasteiger partial charge in [0.2, 0.25) is 0 Å². The second-order valence-corrected chi connectivity index (χ2v) is 14.7. The molecule has 4 heterocycles. The Hall–Kier alpha value is -6.06. The zero-order chi connectivity index (χ0) is 32.6. The average Bonchev–Trinajstić information content (AvgIpc) is 3.83. The van der Waals surface area contributed by atoms with E-state index >= 15 is 0 Å². The van der Waals surface area contributed by atoms with Crippen LogP contribution in [0.5, 0.6) is 0 Å². The molecule has 0 saturated heterocycles. The molecule has 11 rings (SSSR count). The van der Waals surface area contributed by atoms with Crippen molar-refractivity contribution >= 4 is 81.7 Å². The lowest BCUT2D eigenvalue weighted by Gasteiger charge is -2.19. The Labute approximate surface area is 283 Å². The minimum absolute atomic E-state index is 0.00272. The fraction of sp³-hybridized carbons (Fsp3) is 0.0870. The average molecular weight is 628 g/mol. The lowest BCUT2D eigenvalue weighted by atomic mass is 9.85. The van der Waals surface area contributed by atoms with Crippen molar-refractivity contribution in [1.29, 1.82) is 0 Å². The fourth-order valence-corrected chi connectivity index (χ4v) is 8.61. The van der Waals surface area contributed by atoms with Gasteiger partial charge in [0.25, 0.3) is 0 Å². The molecule has 0 aliphatic rings. The van der Waals surface area contributed by atoms with Crippen LogP contribution in [0.25, 0.3) is 93.1 Å². The van der Waals surface area contributed by atoms with Crippen LogP contribution in [0, 0.1) is 0 Å². The molecular weight excluding hydrogens is 595 g/mol. The number of rotatable bonds is 2. The predicted molar refractivity (Wildman–Crippen MR) is 208 cm³/mol. The van der Waals surface area contributed by atoms with Crippen molar-refractivity contribution in [2.45, 2.75) is 26.2 Å². The minimum atomic E-state index is 0.00272. The molecule has 0 radical (unpaired) electrons. The largest absolute Gasteiger partial charge is 0.309 e. The van der Waals surface area contributed by atoms with Gasteiger partial charge in [-0.05, 0) is 83.8 Å². The van der Waals surface area contributed by atoms with E-state index in [9.17, 15) is 0 Å². The molecule has 0 N–H and O–H groups in total. The van der Waals surface area contributed by atoms with E-state index in [0.29, 0.717) is 0 Å². The maximum absolute atomic E-state index is 2.56. The Kier molecular flexibility index (Phi) is 5.11. The number of fused-ring (bicyclic) bond motifs is 12. The summed E-state index contributed by atoms with van der Waals surface area (Å²) < 4.78 is 7.42. The number of para-hydroxylation sites is 4. The van der Waals surface area contributed by atoms with Crippen molar-refractivity contribution in [3.63, 3.8) is 0 Å². The maximum atomic E-state index is 2.56. The van der Waals surface area contributed by atoms with Gasteiger partial charge < -0.3 is 13.5 Å². The predicted octanol–water partition coefficient (Wildman–Crippen LogP) is 12.3. The first-order valence-electron chi connectivity index (χ1n) is 17.2. The molecule has 3 heteroatoms. The van der Waals surface area contributed by atoms with E-state index in [-0.39, 0.29) is 5.41 Å². The van der Waals surface area contributed by atoms with E-state index in [1.54, 1.807) is 0 Å². The van der Waals surface area contributed by atoms with Crippen LogP contribution in [0.1, 0.15) is 26.3 Å². The number of hydrogen-bond acceptors (Lipinski definition) is 0. The standard InChI is InChI=1S/C46H33N3/c1-46(2,3)28-22-37-35-24-33-31-18-10-12-20-39(31)47(29-14-6-4-7-15-29)41(33)26-43(35)49-44-27-42-34(25-36(44)38(23-28)45(37)49)32-19-11-13-21-40(32)48(42)30-16-8-5-9-17-30/h4-27H,1-3H3. The summed E-state index contributed by atoms with van der Waals surface area (Å²) in [6.07, 6.45) is 0. The Balaban J connectivity index is 1.37. The summed E-state index contributed by atoms with van der Waals surface area (Å²) in [4.78, 5) is 0. The molecule has 0 aliphatic carbocycles. The molecule has 0 saturated carbocycles. The van der Waals surface area contributed by atoms with E-state index in [2.05, 4.69) is 180 Å². The zero-order valence-corrected chi connectivity index (χ0v) is 27.7. The summed E-state index contributed by atoms with van der Waals surface area (Å²) in [5.74, 6) is 0. The van der Waals surface area contributed by atoms with E-state index in [1.165, 1.54) is 98.6 Å². The second-order valence-electron chi connectivity index (χ2n) is 14.7. The van der Waals surface area contributed by atoms with E-state index < -0.39 is 0 Å². The van der Waals surface area contributed by atoms with Crippen LogP contribution in [0.2, 0.25) is 0 Å². The maximum Gasteiger partial charge on any atom is 0.0620 e. The summed E-state index contributed by atoms with van der Waals surface area (Å²) >= 11 is 0. The third kappa shape index (κ3) is 3.52. The van der Waals surface area contributed by atoms with E-state index in [1.807, 2.05) is 0 Å². The van der Waals surface area contributed by atoms with Crippen molar-refractivity contribution in [1.82, 2.24) is 13.5 Å². The topological polar surface area (TPSA) is 14.3 Å². The number of benzene rings is 7. The van der Waals surface area contributed by atoms with Gasteiger partial charge in [-0.1, -0.05) is 93.6 Å². The first-order valence-corrected chi connectivity index (χ1v) is 17.2. The SMILES string of the molecule is CC(C)(C)c1cc2c3cc4c5ccccc5n(-c5ccccc5)c4cc3n3c4cc5c(cc4c(c1)c23)c1ccccc1n5-c1ccccc1. The summed E-state index contributed by atoms with van der Waals surface area (Å²) in [6.45, 7) is 6.99. The highest BCUT2D eigenvalue weighted by atomic mass is 15.0. The van der Waals surface area contributed by atoms with Crippen LogP contribution < -0.4 is 0 Å². The molecule has 0 unspecified atom stereocenters. The van der Waals surface area contributed by atoms with E-state index in [4.69, 9.17) is 0 Å². The van der Waals surface area contributed by atoms with Crippen LogP contribution in [0.3, 0.4) is 0 Å². The van der Waals surface area contributed by atoms with Gasteiger partial charge in [0.15, 0.2) is 0 Å². The Morgan fingerprint density at radius 1 is 0.347 bits per heavy atom. The van der Waals surface area contributed by atoms with Gasteiger partial charge in [-0.3, -0.25) is 0 Å². The van der Waals surface area contributed by atoms with E-state index in [0.717, 1.165) is 0 Å². The van der Waals surface area contributed by atoms with Gasteiger partial charge in [-0.2, -0.15) is 0 Å². The molecule has 232 valence electrons. The fourth-order valence-electron chi connectivity index (χ4n) is 8.61. The molecule has 7 aromatic carbocycles. The molecule has 3 nitrogen and oxygen atoms in total. The molecule has 49 heavy (non-hydrogen) atoms. The van der Waals surface area contributed by atoms with Gasteiger partial charge in [0, 0.05) is 54.5 Å². The van der Waals surface area contributed by atoms with Crippen LogP contribution in [0.15, 0.2) is 146 Å². The Bertz CT molecular complexity index is 2910. The minimum Gasteiger partial charge on any atom is -0.309 e. The number of nitrogens with zero attached hydrogens (tertiary/aromatic N) is 3. The quantitative estimate of drug-likeness (QED) is 0.181. The molecule has 0 fully saturated rings. The Morgan fingerprint density at radius 2 is 0.755 bits per heavy atom. The van der Waals surface area contributed by atoms with Crippen LogP contribution in [-0.2, 0) is 5.41 Å². The molecule has 0 aliphatic heterocycles. The van der Waals surface area contributed by atoms with Gasteiger partial charge in [-0.25, -0.2) is 0 Å². The van der Waals surface area contributed by atoms with Crippen molar-refractivity contribution in [3.8, 4) is 11.4 Å². The lowest BCUT2D eigenvalue weighted by molar-refractivity contribution is 0.592. The highest BCUT2D eigenvalue weighted by molar-refractivity contribution is 6.28. The summed E-state index contributed by atoms with van der Waals surface area (Å²) in [7, 11) is 0. The molecule has 11 aromatic rings. The van der Waals surface area contributed by atoms with Gasteiger partial charge in [0.1, 0.15) is 0 Å². The first kappa shape index (κ1) is 26.9. The van der Waals surface area contributed by atoms with Crippen molar-refractivity contribution in [2.24, 2.45) is 0 Å².